The zero-order valence-corrected chi connectivity index (χ0v) is 13.7. The van der Waals surface area contributed by atoms with Crippen LogP contribution in [0, 0.1) is 0 Å². The molecule has 0 saturated carbocycles. The summed E-state index contributed by atoms with van der Waals surface area (Å²) < 4.78 is 64.4. The van der Waals surface area contributed by atoms with Gasteiger partial charge in [-0.3, -0.25) is 0 Å². The molecule has 1 aliphatic rings. The first-order chi connectivity index (χ1) is 9.70. The molecule has 0 aromatic heterocycles. The van der Waals surface area contributed by atoms with Crippen LogP contribution >= 0.6 is 24.0 Å². The SMILES string of the molecule is Cl.O=S(=O)(NCC1CCCN1)c1cc(C(F)(F)F)ccc1Cl. The van der Waals surface area contributed by atoms with Crippen LogP contribution in [0.2, 0.25) is 5.02 Å². The maximum absolute atomic E-state index is 12.7. The van der Waals surface area contributed by atoms with Gasteiger partial charge in [0.25, 0.3) is 0 Å². The van der Waals surface area contributed by atoms with E-state index < -0.39 is 26.7 Å². The molecule has 126 valence electrons. The average molecular weight is 379 g/mol. The third kappa shape index (κ3) is 4.73. The summed E-state index contributed by atoms with van der Waals surface area (Å²) >= 11 is 5.72. The molecule has 0 bridgehead atoms. The number of nitrogens with one attached hydrogen (secondary N) is 2. The maximum Gasteiger partial charge on any atom is 0.416 e. The lowest BCUT2D eigenvalue weighted by Gasteiger charge is -2.14. The fraction of sp³-hybridized carbons (Fsp3) is 0.500. The molecule has 1 aliphatic heterocycles. The highest BCUT2D eigenvalue weighted by Gasteiger charge is 2.32. The van der Waals surface area contributed by atoms with E-state index in [1.165, 1.54) is 0 Å². The molecule has 1 fully saturated rings. The van der Waals surface area contributed by atoms with Crippen molar-refractivity contribution in [1.82, 2.24) is 10.0 Å². The lowest BCUT2D eigenvalue weighted by Crippen LogP contribution is -2.37. The Bertz CT molecular complexity index is 617. The van der Waals surface area contributed by atoms with Crippen LogP contribution in [0.15, 0.2) is 23.1 Å². The highest BCUT2D eigenvalue weighted by molar-refractivity contribution is 7.89. The number of alkyl halides is 3. The Morgan fingerprint density at radius 1 is 1.36 bits per heavy atom. The topological polar surface area (TPSA) is 58.2 Å². The summed E-state index contributed by atoms with van der Waals surface area (Å²) in [6, 6.07) is 2.23. The Morgan fingerprint density at radius 2 is 2.05 bits per heavy atom. The minimum atomic E-state index is -4.62. The van der Waals surface area contributed by atoms with Gasteiger partial charge in [-0.15, -0.1) is 12.4 Å². The van der Waals surface area contributed by atoms with Gasteiger partial charge in [-0.2, -0.15) is 13.2 Å². The first kappa shape index (κ1) is 19.5. The van der Waals surface area contributed by atoms with Gasteiger partial charge in [-0.25, -0.2) is 13.1 Å². The molecule has 0 aliphatic carbocycles. The van der Waals surface area contributed by atoms with Crippen LogP contribution in [-0.2, 0) is 16.2 Å². The van der Waals surface area contributed by atoms with Crippen molar-refractivity contribution >= 4 is 34.0 Å². The van der Waals surface area contributed by atoms with E-state index in [1.54, 1.807) is 0 Å². The number of benzene rings is 1. The molecule has 1 atom stereocenters. The van der Waals surface area contributed by atoms with Crippen molar-refractivity contribution in [1.29, 1.82) is 0 Å². The smallest absolute Gasteiger partial charge is 0.313 e. The van der Waals surface area contributed by atoms with Crippen molar-refractivity contribution in [3.8, 4) is 0 Å². The minimum Gasteiger partial charge on any atom is -0.313 e. The quantitative estimate of drug-likeness (QED) is 0.846. The predicted octanol–water partition coefficient (Wildman–Crippen LogP) is 2.81. The summed E-state index contributed by atoms with van der Waals surface area (Å²) in [6.07, 6.45) is -2.86. The Morgan fingerprint density at radius 3 is 2.59 bits per heavy atom. The Balaban J connectivity index is 0.00000242. The van der Waals surface area contributed by atoms with Gasteiger partial charge in [0, 0.05) is 12.6 Å². The lowest BCUT2D eigenvalue weighted by molar-refractivity contribution is -0.137. The third-order valence-corrected chi connectivity index (χ3v) is 5.14. The summed E-state index contributed by atoms with van der Waals surface area (Å²) in [7, 11) is -4.08. The van der Waals surface area contributed by atoms with Crippen LogP contribution in [0.1, 0.15) is 18.4 Å². The van der Waals surface area contributed by atoms with Gasteiger partial charge in [-0.05, 0) is 37.6 Å². The average Bonchev–Trinajstić information content (AvgIpc) is 2.88. The molecule has 10 heteroatoms. The van der Waals surface area contributed by atoms with Crippen LogP contribution in [0.5, 0.6) is 0 Å². The number of hydrogen-bond donors (Lipinski definition) is 2. The predicted molar refractivity (Wildman–Crippen MR) is 79.9 cm³/mol. The van der Waals surface area contributed by atoms with Gasteiger partial charge in [-0.1, -0.05) is 11.6 Å². The molecule has 1 unspecified atom stereocenters. The Kier molecular flexibility index (Phi) is 6.52. The summed E-state index contributed by atoms with van der Waals surface area (Å²) in [5, 5.41) is 2.85. The van der Waals surface area contributed by atoms with E-state index in [4.69, 9.17) is 11.6 Å². The van der Waals surface area contributed by atoms with Gasteiger partial charge < -0.3 is 5.32 Å². The molecule has 1 saturated heterocycles. The molecule has 1 aromatic carbocycles. The van der Waals surface area contributed by atoms with E-state index in [0.29, 0.717) is 6.07 Å². The molecule has 0 radical (unpaired) electrons. The number of hydrogen-bond acceptors (Lipinski definition) is 3. The van der Waals surface area contributed by atoms with Crippen molar-refractivity contribution in [2.24, 2.45) is 0 Å². The zero-order valence-electron chi connectivity index (χ0n) is 11.3. The lowest BCUT2D eigenvalue weighted by atomic mass is 10.2. The summed E-state index contributed by atoms with van der Waals surface area (Å²) in [4.78, 5) is -0.558. The molecule has 1 aromatic rings. The van der Waals surface area contributed by atoms with Crippen LogP contribution < -0.4 is 10.0 Å². The van der Waals surface area contributed by atoms with E-state index in [2.05, 4.69) is 10.0 Å². The van der Waals surface area contributed by atoms with Crippen molar-refractivity contribution in [2.75, 3.05) is 13.1 Å². The second-order valence-corrected chi connectivity index (χ2v) is 6.93. The molecular weight excluding hydrogens is 364 g/mol. The summed E-state index contributed by atoms with van der Waals surface area (Å²) in [5.41, 5.74) is -1.05. The van der Waals surface area contributed by atoms with Crippen molar-refractivity contribution in [2.45, 2.75) is 30.0 Å². The molecule has 22 heavy (non-hydrogen) atoms. The van der Waals surface area contributed by atoms with Gasteiger partial charge in [0.15, 0.2) is 0 Å². The van der Waals surface area contributed by atoms with Gasteiger partial charge >= 0.3 is 6.18 Å². The highest BCUT2D eigenvalue weighted by Crippen LogP contribution is 2.33. The molecule has 0 spiro atoms. The van der Waals surface area contributed by atoms with Crippen LogP contribution in [0.4, 0.5) is 13.2 Å². The van der Waals surface area contributed by atoms with Crippen LogP contribution in [0.3, 0.4) is 0 Å². The van der Waals surface area contributed by atoms with Crippen LogP contribution in [0.25, 0.3) is 0 Å². The molecule has 1 heterocycles. The van der Waals surface area contributed by atoms with E-state index >= 15 is 0 Å². The van der Waals surface area contributed by atoms with E-state index in [-0.39, 0.29) is 30.0 Å². The molecular formula is C12H15Cl2F3N2O2S. The first-order valence-electron chi connectivity index (χ1n) is 6.30. The Hall–Kier alpha value is -0.540. The monoisotopic (exact) mass is 378 g/mol. The third-order valence-electron chi connectivity index (χ3n) is 3.23. The maximum atomic E-state index is 12.7. The van der Waals surface area contributed by atoms with Gasteiger partial charge in [0.05, 0.1) is 10.6 Å². The fourth-order valence-corrected chi connectivity index (χ4v) is 3.71. The van der Waals surface area contributed by atoms with Gasteiger partial charge in [0.2, 0.25) is 10.0 Å². The normalized spacial score (nSPS) is 19.0. The summed E-state index contributed by atoms with van der Waals surface area (Å²) in [6.45, 7) is 0.922. The van der Waals surface area contributed by atoms with E-state index in [0.717, 1.165) is 31.5 Å². The van der Waals surface area contributed by atoms with Crippen molar-refractivity contribution < 1.29 is 21.6 Å². The van der Waals surface area contributed by atoms with E-state index in [9.17, 15) is 21.6 Å². The second kappa shape index (κ2) is 7.35. The van der Waals surface area contributed by atoms with Gasteiger partial charge in [0.1, 0.15) is 4.90 Å². The van der Waals surface area contributed by atoms with E-state index in [1.807, 2.05) is 0 Å². The van der Waals surface area contributed by atoms with Crippen LogP contribution in [-0.4, -0.2) is 27.5 Å². The number of sulfonamides is 1. The highest BCUT2D eigenvalue weighted by atomic mass is 35.5. The largest absolute Gasteiger partial charge is 0.416 e. The second-order valence-electron chi connectivity index (χ2n) is 4.79. The zero-order chi connectivity index (χ0) is 15.7. The summed E-state index contributed by atoms with van der Waals surface area (Å²) in [5.74, 6) is 0. The standard InChI is InChI=1S/C12H14ClF3N2O2S.ClH/c13-10-4-3-8(12(14,15)16)6-11(10)21(19,20)18-7-9-2-1-5-17-9;/h3-4,6,9,17-18H,1-2,5,7H2;1H. The molecule has 2 N–H and O–H groups in total. The fourth-order valence-electron chi connectivity index (χ4n) is 2.10. The molecule has 0 amide bonds. The minimum absolute atomic E-state index is 0. The van der Waals surface area contributed by atoms with Crippen molar-refractivity contribution in [3.63, 3.8) is 0 Å². The van der Waals surface area contributed by atoms with Crippen molar-refractivity contribution in [3.05, 3.63) is 28.8 Å². The number of rotatable bonds is 4. The molecule has 2 rings (SSSR count). The Labute approximate surface area is 137 Å². The molecule has 4 nitrogen and oxygen atoms in total. The first-order valence-corrected chi connectivity index (χ1v) is 8.16. The number of halogens is 5.